The number of thiazole rings is 1. The number of hydrogen-bond donors (Lipinski definition) is 0. The molecule has 0 bridgehead atoms. The fourth-order valence-electron chi connectivity index (χ4n) is 4.50. The van der Waals surface area contributed by atoms with E-state index in [0.717, 1.165) is 20.5 Å². The number of aromatic nitrogens is 1. The van der Waals surface area contributed by atoms with E-state index < -0.39 is 12.0 Å². The Balaban J connectivity index is 1.62. The van der Waals surface area contributed by atoms with Crippen molar-refractivity contribution < 1.29 is 13.9 Å². The van der Waals surface area contributed by atoms with Crippen LogP contribution in [-0.4, -0.2) is 17.1 Å². The molecule has 194 valence electrons. The number of rotatable bonds is 6. The first-order chi connectivity index (χ1) is 18.3. The zero-order chi connectivity index (χ0) is 27.0. The molecule has 0 saturated heterocycles. The first-order valence-electron chi connectivity index (χ1n) is 12.4. The van der Waals surface area contributed by atoms with E-state index in [-0.39, 0.29) is 12.2 Å². The predicted molar refractivity (Wildman–Crippen MR) is 158 cm³/mol. The Hall–Kier alpha value is -3.24. The molecule has 5 rings (SSSR count). The molecular weight excluding hydrogens is 611 g/mol. The van der Waals surface area contributed by atoms with Gasteiger partial charge in [-0.15, -0.1) is 0 Å². The van der Waals surface area contributed by atoms with Crippen molar-refractivity contribution in [3.63, 3.8) is 0 Å². The fourth-order valence-corrected chi connectivity index (χ4v) is 5.89. The van der Waals surface area contributed by atoms with Crippen LogP contribution < -0.4 is 14.9 Å². The second-order valence-corrected chi connectivity index (χ2v) is 11.6. The minimum absolute atomic E-state index is 0.229. The molecule has 0 fully saturated rings. The monoisotopic (exact) mass is 638 g/mol. The summed E-state index contributed by atoms with van der Waals surface area (Å²) < 4.78 is 14.7. The molecule has 3 heterocycles. The van der Waals surface area contributed by atoms with E-state index in [0.29, 0.717) is 32.3 Å². The highest BCUT2D eigenvalue weighted by Gasteiger charge is 2.33. The van der Waals surface area contributed by atoms with Gasteiger partial charge in [0.2, 0.25) is 0 Å². The fraction of sp³-hybridized carbons (Fsp3) is 0.233. The molecule has 0 radical (unpaired) electrons. The van der Waals surface area contributed by atoms with Gasteiger partial charge >= 0.3 is 5.97 Å². The Bertz CT molecular complexity index is 1710. The summed E-state index contributed by atoms with van der Waals surface area (Å²) in [7, 11) is 0. The average Bonchev–Trinajstić information content (AvgIpc) is 3.48. The van der Waals surface area contributed by atoms with Gasteiger partial charge in [-0.2, -0.15) is 0 Å². The van der Waals surface area contributed by atoms with Crippen molar-refractivity contribution in [3.05, 3.63) is 112 Å². The summed E-state index contributed by atoms with van der Waals surface area (Å²) in [6.07, 6.45) is 1.74. The van der Waals surface area contributed by atoms with E-state index in [2.05, 4.69) is 41.4 Å². The van der Waals surface area contributed by atoms with Gasteiger partial charge in [0.1, 0.15) is 11.5 Å². The molecular formula is C30H27IN2O4S. The molecule has 0 saturated carbocycles. The Morgan fingerprint density at radius 2 is 1.84 bits per heavy atom. The third-order valence-electron chi connectivity index (χ3n) is 6.46. The zero-order valence-corrected chi connectivity index (χ0v) is 24.5. The van der Waals surface area contributed by atoms with Crippen LogP contribution >= 0.6 is 33.9 Å². The van der Waals surface area contributed by atoms with Gasteiger partial charge in [0, 0.05) is 15.2 Å². The van der Waals surface area contributed by atoms with Crippen molar-refractivity contribution in [1.82, 2.24) is 4.57 Å². The summed E-state index contributed by atoms with van der Waals surface area (Å²) in [5.41, 5.74) is 3.68. The van der Waals surface area contributed by atoms with Crippen LogP contribution in [0.3, 0.4) is 0 Å². The normalized spacial score (nSPS) is 15.5. The highest BCUT2D eigenvalue weighted by molar-refractivity contribution is 14.1. The number of hydrogen-bond acceptors (Lipinski definition) is 6. The third kappa shape index (κ3) is 5.07. The maximum Gasteiger partial charge on any atom is 0.338 e. The van der Waals surface area contributed by atoms with Crippen molar-refractivity contribution in [2.75, 3.05) is 6.61 Å². The molecule has 0 aliphatic carbocycles. The van der Waals surface area contributed by atoms with Gasteiger partial charge in [-0.05, 0) is 77.7 Å². The molecule has 6 nitrogen and oxygen atoms in total. The van der Waals surface area contributed by atoms with Crippen LogP contribution in [0.4, 0.5) is 0 Å². The van der Waals surface area contributed by atoms with E-state index in [1.165, 1.54) is 16.9 Å². The van der Waals surface area contributed by atoms with Gasteiger partial charge < -0.3 is 9.15 Å². The molecule has 2 aromatic heterocycles. The van der Waals surface area contributed by atoms with Crippen LogP contribution in [0.5, 0.6) is 0 Å². The molecule has 2 aromatic carbocycles. The average molecular weight is 639 g/mol. The smallest absolute Gasteiger partial charge is 0.338 e. The quantitative estimate of drug-likeness (QED) is 0.198. The minimum Gasteiger partial charge on any atom is -0.463 e. The van der Waals surface area contributed by atoms with E-state index in [9.17, 15) is 9.59 Å². The van der Waals surface area contributed by atoms with Crippen molar-refractivity contribution in [1.29, 1.82) is 0 Å². The lowest BCUT2D eigenvalue weighted by Crippen LogP contribution is -2.39. The summed E-state index contributed by atoms with van der Waals surface area (Å²) in [6, 6.07) is 19.2. The number of benzene rings is 2. The highest BCUT2D eigenvalue weighted by atomic mass is 127. The maximum atomic E-state index is 13.8. The van der Waals surface area contributed by atoms with E-state index in [4.69, 9.17) is 9.15 Å². The van der Waals surface area contributed by atoms with Crippen molar-refractivity contribution >= 4 is 46.0 Å². The van der Waals surface area contributed by atoms with Gasteiger partial charge in [0.05, 0.1) is 28.5 Å². The van der Waals surface area contributed by atoms with Crippen LogP contribution in [0.1, 0.15) is 56.5 Å². The number of allylic oxidation sites excluding steroid dienone is 1. The third-order valence-corrected chi connectivity index (χ3v) is 8.17. The molecule has 0 spiro atoms. The van der Waals surface area contributed by atoms with Gasteiger partial charge in [-0.3, -0.25) is 9.36 Å². The molecule has 0 unspecified atom stereocenters. The Morgan fingerprint density at radius 3 is 2.50 bits per heavy atom. The summed E-state index contributed by atoms with van der Waals surface area (Å²) in [5, 5.41) is 0. The number of ether oxygens (including phenoxy) is 1. The van der Waals surface area contributed by atoms with E-state index >= 15 is 0 Å². The number of esters is 1. The summed E-state index contributed by atoms with van der Waals surface area (Å²) in [5.74, 6) is 1.20. The van der Waals surface area contributed by atoms with Crippen molar-refractivity contribution in [2.45, 2.75) is 39.7 Å². The maximum absolute atomic E-state index is 13.8. The van der Waals surface area contributed by atoms with Gasteiger partial charge in [0.15, 0.2) is 4.80 Å². The Kier molecular flexibility index (Phi) is 7.54. The molecule has 1 aliphatic rings. The van der Waals surface area contributed by atoms with Crippen LogP contribution in [0.2, 0.25) is 0 Å². The number of furan rings is 1. The molecule has 38 heavy (non-hydrogen) atoms. The number of nitrogens with zero attached hydrogens (tertiary/aromatic N) is 2. The van der Waals surface area contributed by atoms with Crippen molar-refractivity contribution in [2.24, 2.45) is 4.99 Å². The van der Waals surface area contributed by atoms with Gasteiger partial charge in [-0.25, -0.2) is 9.79 Å². The summed E-state index contributed by atoms with van der Waals surface area (Å²) in [4.78, 5) is 32.0. The lowest BCUT2D eigenvalue weighted by Gasteiger charge is -2.25. The predicted octanol–water partition coefficient (Wildman–Crippen LogP) is 5.79. The molecule has 4 aromatic rings. The zero-order valence-electron chi connectivity index (χ0n) is 21.5. The lowest BCUT2D eigenvalue weighted by molar-refractivity contribution is -0.139. The lowest BCUT2D eigenvalue weighted by atomic mass is 9.93. The van der Waals surface area contributed by atoms with Crippen LogP contribution in [-0.2, 0) is 9.53 Å². The molecule has 1 atom stereocenters. The first kappa shape index (κ1) is 26.4. The largest absolute Gasteiger partial charge is 0.463 e. The number of carbonyl (C=O) groups is 1. The number of fused-ring (bicyclic) bond motifs is 1. The van der Waals surface area contributed by atoms with E-state index in [1.54, 1.807) is 24.5 Å². The number of carbonyl (C=O) groups excluding carboxylic acids is 1. The second kappa shape index (κ2) is 10.9. The van der Waals surface area contributed by atoms with Crippen molar-refractivity contribution in [3.8, 4) is 11.3 Å². The topological polar surface area (TPSA) is 73.8 Å². The summed E-state index contributed by atoms with van der Waals surface area (Å²) >= 11 is 3.55. The minimum atomic E-state index is -0.632. The van der Waals surface area contributed by atoms with Crippen LogP contribution in [0.15, 0.2) is 86.1 Å². The molecule has 1 aliphatic heterocycles. The van der Waals surface area contributed by atoms with Crippen LogP contribution in [0.25, 0.3) is 17.4 Å². The Labute approximate surface area is 238 Å². The van der Waals surface area contributed by atoms with Crippen LogP contribution in [0, 0.1) is 3.57 Å². The second-order valence-electron chi connectivity index (χ2n) is 9.33. The number of halogens is 1. The van der Waals surface area contributed by atoms with E-state index in [1.807, 2.05) is 60.7 Å². The molecule has 0 N–H and O–H groups in total. The summed E-state index contributed by atoms with van der Waals surface area (Å²) in [6.45, 7) is 8.05. The SMILES string of the molecule is CCOC(=O)C1=C(C)N=c2s/c(=C\c3ccc(-c4ccc(I)cc4)o3)c(=O)n2[C@@H]1c1ccc(C(C)C)cc1. The van der Waals surface area contributed by atoms with Gasteiger partial charge in [0.25, 0.3) is 5.56 Å². The molecule has 8 heteroatoms. The Morgan fingerprint density at radius 1 is 1.13 bits per heavy atom. The molecule has 0 amide bonds. The first-order valence-corrected chi connectivity index (χ1v) is 14.3. The highest BCUT2D eigenvalue weighted by Crippen LogP contribution is 2.31. The standard InChI is InChI=1S/C30H27IN2O4S/c1-5-36-29(35)26-18(4)32-30-33(27(26)21-8-6-19(7-9-21)17(2)3)28(34)25(38-30)16-23-14-15-24(37-23)20-10-12-22(31)13-11-20/h6-17,27H,5H2,1-4H3/b25-16-/t27-/m1/s1. The van der Waals surface area contributed by atoms with Gasteiger partial charge in [-0.1, -0.05) is 61.6 Å².